The van der Waals surface area contributed by atoms with E-state index < -0.39 is 0 Å². The van der Waals surface area contributed by atoms with E-state index in [4.69, 9.17) is 4.74 Å². The van der Waals surface area contributed by atoms with Crippen LogP contribution in [0.1, 0.15) is 78.8 Å². The van der Waals surface area contributed by atoms with Gasteiger partial charge in [-0.3, -0.25) is 4.79 Å². The Morgan fingerprint density at radius 3 is 2.00 bits per heavy atom. The number of para-hydroxylation sites is 1. The molecule has 0 radical (unpaired) electrons. The van der Waals surface area contributed by atoms with Gasteiger partial charge in [-0.2, -0.15) is 0 Å². The molecule has 0 bridgehead atoms. The first kappa shape index (κ1) is 33.5. The van der Waals surface area contributed by atoms with Crippen molar-refractivity contribution < 1.29 is 14.3 Å². The van der Waals surface area contributed by atoms with Gasteiger partial charge >= 0.3 is 5.97 Å². The molecule has 1 N–H and O–H groups in total. The molecular formula is C42H46N2O3. The van der Waals surface area contributed by atoms with E-state index in [1.54, 1.807) is 13.0 Å². The van der Waals surface area contributed by atoms with Gasteiger partial charge in [-0.05, 0) is 72.1 Å². The Bertz CT molecular complexity index is 1780. The number of ether oxygens (including phenoxy) is 1. The van der Waals surface area contributed by atoms with Crippen LogP contribution < -0.4 is 5.32 Å². The van der Waals surface area contributed by atoms with Gasteiger partial charge in [-0.15, -0.1) is 0 Å². The lowest BCUT2D eigenvalue weighted by Gasteiger charge is -2.22. The third kappa shape index (κ3) is 8.68. The molecule has 5 aromatic rings. The average molecular weight is 627 g/mol. The molecule has 5 heteroatoms. The molecule has 1 heterocycles. The zero-order chi connectivity index (χ0) is 33.3. The minimum absolute atomic E-state index is 0.0504. The van der Waals surface area contributed by atoms with Crippen LogP contribution in [0.5, 0.6) is 0 Å². The number of carbonyl (C=O) groups is 2. The normalized spacial score (nSPS) is 11.7. The van der Waals surface area contributed by atoms with Crippen molar-refractivity contribution in [1.29, 1.82) is 0 Å². The number of ketones is 1. The van der Waals surface area contributed by atoms with Crippen molar-refractivity contribution in [3.8, 4) is 0 Å². The maximum atomic E-state index is 14.0. The maximum absolute atomic E-state index is 14.0. The van der Waals surface area contributed by atoms with Crippen molar-refractivity contribution in [2.75, 3.05) is 11.9 Å². The highest BCUT2D eigenvalue weighted by Crippen LogP contribution is 2.30. The number of anilines is 1. The number of carbonyl (C=O) groups excluding carboxylic acids is 2. The van der Waals surface area contributed by atoms with Crippen LogP contribution in [-0.2, 0) is 28.9 Å². The Kier molecular flexibility index (Phi) is 11.1. The van der Waals surface area contributed by atoms with E-state index in [0.717, 1.165) is 29.4 Å². The summed E-state index contributed by atoms with van der Waals surface area (Å²) in [6, 6.07) is 33.4. The number of allylic oxidation sites excluding steroid dienone is 1. The van der Waals surface area contributed by atoms with Crippen molar-refractivity contribution in [3.63, 3.8) is 0 Å². The van der Waals surface area contributed by atoms with Gasteiger partial charge in [-0.25, -0.2) is 4.79 Å². The SMILES string of the molecule is CCOC(=O)C=CCn1cc(C(=O)c2cccc(NC(c3ccc(CC(C)C)cc3)c3ccc(CC(C)C)cc3)c2)c2ccccc21. The molecule has 0 unspecified atom stereocenters. The standard InChI is InChI=1S/C42H46N2O3/c1-6-47-40(45)15-10-24-44-28-38(37-13-7-8-14-39(37)44)42(46)35-11-9-12-36(27-35)43-41(33-20-16-31(17-21-33)25-29(2)3)34-22-18-32(19-23-34)26-30(4)5/h7-23,27-30,41,43H,6,24-26H2,1-5H3. The van der Waals surface area contributed by atoms with Gasteiger partial charge in [0.05, 0.1) is 12.6 Å². The van der Waals surface area contributed by atoms with Crippen LogP contribution in [0.2, 0.25) is 0 Å². The summed E-state index contributed by atoms with van der Waals surface area (Å²) in [5.74, 6) is 0.767. The van der Waals surface area contributed by atoms with Gasteiger partial charge in [0.1, 0.15) is 0 Å². The van der Waals surface area contributed by atoms with Crippen molar-refractivity contribution in [3.05, 3.63) is 149 Å². The number of esters is 1. The predicted molar refractivity (Wildman–Crippen MR) is 193 cm³/mol. The van der Waals surface area contributed by atoms with Crippen LogP contribution in [0, 0.1) is 11.8 Å². The first-order chi connectivity index (χ1) is 22.7. The highest BCUT2D eigenvalue weighted by Gasteiger charge is 2.19. The lowest BCUT2D eigenvalue weighted by molar-refractivity contribution is -0.137. The molecule has 5 nitrogen and oxygen atoms in total. The number of aromatic nitrogens is 1. The van der Waals surface area contributed by atoms with E-state index in [1.807, 2.05) is 59.3 Å². The fraction of sp³-hybridized carbons (Fsp3) is 0.286. The van der Waals surface area contributed by atoms with Gasteiger partial charge in [0, 0.05) is 46.5 Å². The predicted octanol–water partition coefficient (Wildman–Crippen LogP) is 9.59. The molecule has 0 aliphatic carbocycles. The van der Waals surface area contributed by atoms with Crippen LogP contribution in [0.25, 0.3) is 10.9 Å². The van der Waals surface area contributed by atoms with E-state index in [1.165, 1.54) is 28.3 Å². The summed E-state index contributed by atoms with van der Waals surface area (Å²) in [5, 5.41) is 4.64. The lowest BCUT2D eigenvalue weighted by Crippen LogP contribution is -2.13. The summed E-state index contributed by atoms with van der Waals surface area (Å²) in [7, 11) is 0. The second kappa shape index (κ2) is 15.6. The fourth-order valence-electron chi connectivity index (χ4n) is 6.10. The van der Waals surface area contributed by atoms with Gasteiger partial charge < -0.3 is 14.6 Å². The first-order valence-electron chi connectivity index (χ1n) is 16.7. The van der Waals surface area contributed by atoms with Crippen LogP contribution in [-0.4, -0.2) is 22.9 Å². The number of hydrogen-bond acceptors (Lipinski definition) is 4. The van der Waals surface area contributed by atoms with Crippen LogP contribution in [0.4, 0.5) is 5.69 Å². The van der Waals surface area contributed by atoms with Crippen LogP contribution >= 0.6 is 0 Å². The number of nitrogens with zero attached hydrogens (tertiary/aromatic N) is 1. The quantitative estimate of drug-likeness (QED) is 0.0758. The largest absolute Gasteiger partial charge is 0.463 e. The number of nitrogens with one attached hydrogen (secondary N) is 1. The van der Waals surface area contributed by atoms with Crippen molar-refractivity contribution in [2.45, 2.75) is 60.0 Å². The monoisotopic (exact) mass is 626 g/mol. The van der Waals surface area contributed by atoms with Gasteiger partial charge in [0.2, 0.25) is 0 Å². The molecule has 4 aromatic carbocycles. The summed E-state index contributed by atoms with van der Waals surface area (Å²) in [4.78, 5) is 25.8. The molecule has 47 heavy (non-hydrogen) atoms. The molecule has 242 valence electrons. The molecule has 0 amide bonds. The third-order valence-electron chi connectivity index (χ3n) is 8.23. The smallest absolute Gasteiger partial charge is 0.330 e. The van der Waals surface area contributed by atoms with E-state index in [2.05, 4.69) is 81.5 Å². The number of benzene rings is 4. The molecule has 0 atom stereocenters. The van der Waals surface area contributed by atoms with E-state index in [-0.39, 0.29) is 17.8 Å². The van der Waals surface area contributed by atoms with Crippen LogP contribution in [0.15, 0.2) is 115 Å². The summed E-state index contributed by atoms with van der Waals surface area (Å²) >= 11 is 0. The molecule has 1 aromatic heterocycles. The average Bonchev–Trinajstić information content (AvgIpc) is 3.42. The Balaban J connectivity index is 1.44. The minimum atomic E-state index is -0.374. The van der Waals surface area contributed by atoms with Gasteiger partial charge in [0.25, 0.3) is 0 Å². The van der Waals surface area contributed by atoms with Crippen molar-refractivity contribution >= 4 is 28.3 Å². The van der Waals surface area contributed by atoms with Crippen LogP contribution in [0.3, 0.4) is 0 Å². The van der Waals surface area contributed by atoms with E-state index >= 15 is 0 Å². The molecule has 0 aliphatic rings. The minimum Gasteiger partial charge on any atom is -0.463 e. The lowest BCUT2D eigenvalue weighted by atomic mass is 9.93. The first-order valence-corrected chi connectivity index (χ1v) is 16.7. The Morgan fingerprint density at radius 2 is 1.40 bits per heavy atom. The Hall–Kier alpha value is -4.90. The molecule has 0 saturated carbocycles. The van der Waals surface area contributed by atoms with Gasteiger partial charge in [0.15, 0.2) is 5.78 Å². The fourth-order valence-corrected chi connectivity index (χ4v) is 6.10. The second-order valence-corrected chi connectivity index (χ2v) is 13.0. The second-order valence-electron chi connectivity index (χ2n) is 13.0. The maximum Gasteiger partial charge on any atom is 0.330 e. The number of rotatable bonds is 14. The molecule has 0 saturated heterocycles. The number of fused-ring (bicyclic) bond motifs is 1. The van der Waals surface area contributed by atoms with Crippen molar-refractivity contribution in [2.24, 2.45) is 11.8 Å². The Morgan fingerprint density at radius 1 is 0.787 bits per heavy atom. The molecule has 0 spiro atoms. The third-order valence-corrected chi connectivity index (χ3v) is 8.23. The molecule has 5 rings (SSSR count). The van der Waals surface area contributed by atoms with Gasteiger partial charge in [-0.1, -0.05) is 113 Å². The summed E-state index contributed by atoms with van der Waals surface area (Å²) in [6.45, 7) is 11.5. The molecule has 0 aliphatic heterocycles. The zero-order valence-electron chi connectivity index (χ0n) is 28.2. The van der Waals surface area contributed by atoms with E-state index in [9.17, 15) is 9.59 Å². The highest BCUT2D eigenvalue weighted by atomic mass is 16.5. The highest BCUT2D eigenvalue weighted by molar-refractivity contribution is 6.16. The topological polar surface area (TPSA) is 60.3 Å². The molecule has 0 fully saturated rings. The number of hydrogen-bond donors (Lipinski definition) is 1. The van der Waals surface area contributed by atoms with E-state index in [0.29, 0.717) is 36.1 Å². The summed E-state index contributed by atoms with van der Waals surface area (Å²) in [6.07, 6.45) is 7.16. The molecular weight excluding hydrogens is 580 g/mol. The summed E-state index contributed by atoms with van der Waals surface area (Å²) < 4.78 is 6.99. The summed E-state index contributed by atoms with van der Waals surface area (Å²) in [5.41, 5.74) is 8.05. The zero-order valence-corrected chi connectivity index (χ0v) is 28.2. The van der Waals surface area contributed by atoms with Crippen molar-refractivity contribution in [1.82, 2.24) is 4.57 Å². The Labute approximate surface area is 279 Å².